The highest BCUT2D eigenvalue weighted by Crippen LogP contribution is 2.10. The van der Waals surface area contributed by atoms with Crippen molar-refractivity contribution in [2.75, 3.05) is 13.2 Å². The molecular formula is C15H21N3OS. The van der Waals surface area contributed by atoms with Crippen LogP contribution in [0, 0.1) is 0 Å². The van der Waals surface area contributed by atoms with Crippen molar-refractivity contribution >= 4 is 23.0 Å². The second-order valence-corrected chi connectivity index (χ2v) is 5.14. The minimum Gasteiger partial charge on any atom is -0.376 e. The van der Waals surface area contributed by atoms with Gasteiger partial charge in [0.05, 0.1) is 11.8 Å². The summed E-state index contributed by atoms with van der Waals surface area (Å²) < 4.78 is 5.53. The minimum atomic E-state index is 0.276. The number of nitrogens with one attached hydrogen (secondary N) is 2. The smallest absolute Gasteiger partial charge is 0.187 e. The van der Waals surface area contributed by atoms with Gasteiger partial charge in [0.25, 0.3) is 0 Å². The summed E-state index contributed by atoms with van der Waals surface area (Å²) in [5.74, 6) is 0. The third-order valence-corrected chi connectivity index (χ3v) is 3.48. The fraction of sp³-hybridized carbons (Fsp3) is 0.467. The van der Waals surface area contributed by atoms with Crippen LogP contribution in [0.4, 0.5) is 0 Å². The van der Waals surface area contributed by atoms with Crippen molar-refractivity contribution in [3.05, 3.63) is 35.9 Å². The molecule has 1 atom stereocenters. The Morgan fingerprint density at radius 2 is 2.20 bits per heavy atom. The van der Waals surface area contributed by atoms with Crippen molar-refractivity contribution in [2.45, 2.75) is 32.3 Å². The lowest BCUT2D eigenvalue weighted by Gasteiger charge is -2.12. The Labute approximate surface area is 125 Å². The van der Waals surface area contributed by atoms with Crippen LogP contribution in [0.5, 0.6) is 0 Å². The zero-order chi connectivity index (χ0) is 14.2. The molecule has 0 spiro atoms. The number of thiocarbonyl (C=S) groups is 1. The molecular weight excluding hydrogens is 270 g/mol. The molecule has 1 aromatic carbocycles. The molecule has 1 saturated heterocycles. The average Bonchev–Trinajstić information content (AvgIpc) is 3.00. The van der Waals surface area contributed by atoms with Crippen LogP contribution in [0.2, 0.25) is 0 Å². The van der Waals surface area contributed by atoms with Crippen LogP contribution < -0.4 is 10.7 Å². The number of nitrogens with zero attached hydrogens (tertiary/aromatic N) is 1. The fourth-order valence-electron chi connectivity index (χ4n) is 2.15. The highest BCUT2D eigenvalue weighted by atomic mass is 32.1. The lowest BCUT2D eigenvalue weighted by molar-refractivity contribution is 0.114. The zero-order valence-corrected chi connectivity index (χ0v) is 12.6. The van der Waals surface area contributed by atoms with Crippen LogP contribution in [0.3, 0.4) is 0 Å². The van der Waals surface area contributed by atoms with Gasteiger partial charge in [-0.05, 0) is 37.0 Å². The topological polar surface area (TPSA) is 45.7 Å². The first-order valence-corrected chi connectivity index (χ1v) is 7.48. The Morgan fingerprint density at radius 1 is 1.40 bits per heavy atom. The molecule has 0 aliphatic carbocycles. The Bertz CT molecular complexity index is 455. The number of ether oxygens (including phenoxy) is 1. The lowest BCUT2D eigenvalue weighted by atomic mass is 10.1. The van der Waals surface area contributed by atoms with Crippen LogP contribution in [-0.2, 0) is 4.74 Å². The van der Waals surface area contributed by atoms with Gasteiger partial charge in [-0.25, -0.2) is 0 Å². The molecule has 1 fully saturated rings. The Hall–Kier alpha value is -1.46. The van der Waals surface area contributed by atoms with Crippen molar-refractivity contribution in [3.63, 3.8) is 0 Å². The van der Waals surface area contributed by atoms with Gasteiger partial charge >= 0.3 is 0 Å². The Morgan fingerprint density at radius 3 is 2.85 bits per heavy atom. The molecule has 5 heteroatoms. The summed E-state index contributed by atoms with van der Waals surface area (Å²) in [6.07, 6.45) is 3.37. The second kappa shape index (κ2) is 7.97. The maximum atomic E-state index is 5.53. The van der Waals surface area contributed by atoms with Gasteiger partial charge < -0.3 is 10.1 Å². The van der Waals surface area contributed by atoms with Gasteiger partial charge in [0.1, 0.15) is 0 Å². The second-order valence-electron chi connectivity index (χ2n) is 4.73. The molecule has 1 aliphatic heterocycles. The van der Waals surface area contributed by atoms with E-state index in [-0.39, 0.29) is 6.10 Å². The summed E-state index contributed by atoms with van der Waals surface area (Å²) in [5.41, 5.74) is 5.02. The predicted molar refractivity (Wildman–Crippen MR) is 86.0 cm³/mol. The SMILES string of the molecule is CC/C(=N/NC(=S)NC[C@H]1CCCO1)c1ccccc1. The summed E-state index contributed by atoms with van der Waals surface area (Å²) in [4.78, 5) is 0. The van der Waals surface area contributed by atoms with Crippen molar-refractivity contribution < 1.29 is 4.74 Å². The van der Waals surface area contributed by atoms with Crippen LogP contribution in [0.25, 0.3) is 0 Å². The summed E-state index contributed by atoms with van der Waals surface area (Å²) in [6.45, 7) is 3.68. The van der Waals surface area contributed by atoms with Crippen molar-refractivity contribution in [3.8, 4) is 0 Å². The summed E-state index contributed by atoms with van der Waals surface area (Å²) in [5, 5.41) is 8.07. The van der Waals surface area contributed by atoms with E-state index in [1.165, 1.54) is 0 Å². The standard InChI is InChI=1S/C15H21N3OS/c1-2-14(12-7-4-3-5-8-12)17-18-15(20)16-11-13-9-6-10-19-13/h3-5,7-8,13H,2,6,9-11H2,1H3,(H2,16,18,20)/b17-14-/t13-/m1/s1. The first-order valence-electron chi connectivity index (χ1n) is 7.07. The molecule has 0 radical (unpaired) electrons. The number of hydrazone groups is 1. The molecule has 1 heterocycles. The van der Waals surface area contributed by atoms with E-state index in [2.05, 4.69) is 22.8 Å². The maximum Gasteiger partial charge on any atom is 0.187 e. The molecule has 1 aromatic rings. The Balaban J connectivity index is 1.81. The van der Waals surface area contributed by atoms with Crippen LogP contribution in [0.15, 0.2) is 35.4 Å². The maximum absolute atomic E-state index is 5.53. The van der Waals surface area contributed by atoms with Gasteiger partial charge in [0.15, 0.2) is 5.11 Å². The van der Waals surface area contributed by atoms with E-state index in [1.807, 2.05) is 30.3 Å². The van der Waals surface area contributed by atoms with Crippen LogP contribution >= 0.6 is 12.2 Å². The van der Waals surface area contributed by atoms with E-state index < -0.39 is 0 Å². The largest absolute Gasteiger partial charge is 0.376 e. The lowest BCUT2D eigenvalue weighted by Crippen LogP contribution is -2.37. The average molecular weight is 291 g/mol. The number of benzene rings is 1. The molecule has 20 heavy (non-hydrogen) atoms. The van der Waals surface area contributed by atoms with E-state index in [1.54, 1.807) is 0 Å². The molecule has 0 aromatic heterocycles. The summed E-state index contributed by atoms with van der Waals surface area (Å²) >= 11 is 5.22. The fourth-order valence-corrected chi connectivity index (χ4v) is 2.28. The van der Waals surface area contributed by atoms with Crippen molar-refractivity contribution in [1.29, 1.82) is 0 Å². The van der Waals surface area contributed by atoms with Gasteiger partial charge in [-0.3, -0.25) is 5.43 Å². The first kappa shape index (κ1) is 14.9. The zero-order valence-electron chi connectivity index (χ0n) is 11.8. The van der Waals surface area contributed by atoms with Gasteiger partial charge in [-0.2, -0.15) is 5.10 Å². The number of hydrogen-bond acceptors (Lipinski definition) is 3. The molecule has 0 saturated carbocycles. The predicted octanol–water partition coefficient (Wildman–Crippen LogP) is 2.44. The van der Waals surface area contributed by atoms with Crippen molar-refractivity contribution in [2.24, 2.45) is 5.10 Å². The van der Waals surface area contributed by atoms with E-state index in [9.17, 15) is 0 Å². The highest BCUT2D eigenvalue weighted by molar-refractivity contribution is 7.80. The normalized spacial score (nSPS) is 18.9. The van der Waals surface area contributed by atoms with Crippen molar-refractivity contribution in [1.82, 2.24) is 10.7 Å². The molecule has 4 nitrogen and oxygen atoms in total. The van der Waals surface area contributed by atoms with Crippen LogP contribution in [0.1, 0.15) is 31.7 Å². The molecule has 1 aliphatic rings. The molecule has 0 bridgehead atoms. The third kappa shape index (κ3) is 4.58. The summed E-state index contributed by atoms with van der Waals surface area (Å²) in [7, 11) is 0. The van der Waals surface area contributed by atoms with Gasteiger partial charge in [-0.15, -0.1) is 0 Å². The number of hydrogen-bond donors (Lipinski definition) is 2. The van der Waals surface area contributed by atoms with Crippen LogP contribution in [-0.4, -0.2) is 30.1 Å². The molecule has 2 N–H and O–H groups in total. The molecule has 0 amide bonds. The first-order chi connectivity index (χ1) is 9.79. The third-order valence-electron chi connectivity index (χ3n) is 3.25. The van der Waals surface area contributed by atoms with Gasteiger partial charge in [0, 0.05) is 13.2 Å². The van der Waals surface area contributed by atoms with Gasteiger partial charge in [-0.1, -0.05) is 37.3 Å². The van der Waals surface area contributed by atoms with E-state index in [0.29, 0.717) is 5.11 Å². The molecule has 2 rings (SSSR count). The molecule has 0 unspecified atom stereocenters. The Kier molecular flexibility index (Phi) is 5.95. The summed E-state index contributed by atoms with van der Waals surface area (Å²) in [6, 6.07) is 10.1. The van der Waals surface area contributed by atoms with E-state index >= 15 is 0 Å². The van der Waals surface area contributed by atoms with E-state index in [0.717, 1.165) is 43.7 Å². The molecule has 108 valence electrons. The number of rotatable bonds is 5. The quantitative estimate of drug-likeness (QED) is 0.497. The highest BCUT2D eigenvalue weighted by Gasteiger charge is 2.15. The van der Waals surface area contributed by atoms with E-state index in [4.69, 9.17) is 17.0 Å². The monoisotopic (exact) mass is 291 g/mol. The van der Waals surface area contributed by atoms with Gasteiger partial charge in [0.2, 0.25) is 0 Å². The minimum absolute atomic E-state index is 0.276.